The molecule has 0 unspecified atom stereocenters. The molecule has 0 aliphatic carbocycles. The second kappa shape index (κ2) is 7.17. The number of aromatic nitrogens is 6. The van der Waals surface area contributed by atoms with Crippen molar-refractivity contribution in [2.24, 2.45) is 0 Å². The predicted molar refractivity (Wildman–Crippen MR) is 92.4 cm³/mol. The summed E-state index contributed by atoms with van der Waals surface area (Å²) in [6.45, 7) is 0.308. The minimum atomic E-state index is -0.340. The van der Waals surface area contributed by atoms with Crippen molar-refractivity contribution in [1.82, 2.24) is 29.9 Å². The van der Waals surface area contributed by atoms with E-state index in [4.69, 9.17) is 4.42 Å². The minimum Gasteiger partial charge on any atom is -0.414 e. The molecule has 0 saturated heterocycles. The second-order valence-corrected chi connectivity index (χ2v) is 6.98. The lowest BCUT2D eigenvalue weighted by atomic mass is 10.3. The van der Waals surface area contributed by atoms with Gasteiger partial charge in [0.2, 0.25) is 11.8 Å². The Balaban J connectivity index is 1.32. The predicted octanol–water partition coefficient (Wildman–Crippen LogP) is 2.19. The van der Waals surface area contributed by atoms with E-state index in [9.17, 15) is 9.18 Å². The van der Waals surface area contributed by atoms with Crippen molar-refractivity contribution in [3.05, 3.63) is 42.6 Å². The van der Waals surface area contributed by atoms with Crippen LogP contribution in [0.4, 0.5) is 9.52 Å². The quantitative estimate of drug-likeness (QED) is 0.498. The van der Waals surface area contributed by atoms with E-state index in [0.717, 1.165) is 11.8 Å². The summed E-state index contributed by atoms with van der Waals surface area (Å²) in [7, 11) is 0. The number of fused-ring (bicyclic) bond motifs is 1. The maximum atomic E-state index is 13.2. The fraction of sp³-hybridized carbons (Fsp3) is 0.143. The van der Waals surface area contributed by atoms with Crippen LogP contribution in [0.25, 0.3) is 10.2 Å². The van der Waals surface area contributed by atoms with Crippen LogP contribution in [0.5, 0.6) is 0 Å². The Kier molecular flexibility index (Phi) is 4.58. The van der Waals surface area contributed by atoms with Gasteiger partial charge in [0.25, 0.3) is 5.22 Å². The molecule has 0 spiro atoms. The van der Waals surface area contributed by atoms with Gasteiger partial charge in [-0.05, 0) is 18.2 Å². The van der Waals surface area contributed by atoms with E-state index in [1.54, 1.807) is 10.7 Å². The lowest BCUT2D eigenvalue weighted by molar-refractivity contribution is -0.113. The minimum absolute atomic E-state index is 0.0786. The molecule has 0 aliphatic heterocycles. The molecule has 0 aliphatic rings. The average molecular weight is 391 g/mol. The molecule has 0 atom stereocenters. The van der Waals surface area contributed by atoms with Gasteiger partial charge < -0.3 is 9.73 Å². The van der Waals surface area contributed by atoms with Gasteiger partial charge in [-0.2, -0.15) is 5.10 Å². The highest BCUT2D eigenvalue weighted by Crippen LogP contribution is 2.26. The van der Waals surface area contributed by atoms with Crippen molar-refractivity contribution in [2.75, 3.05) is 11.1 Å². The number of hydrogen-bond donors (Lipinski definition) is 1. The van der Waals surface area contributed by atoms with E-state index < -0.39 is 0 Å². The number of halogens is 1. The van der Waals surface area contributed by atoms with Crippen LogP contribution in [0.3, 0.4) is 0 Å². The molecule has 0 radical (unpaired) electrons. The van der Waals surface area contributed by atoms with Crippen LogP contribution < -0.4 is 5.32 Å². The lowest BCUT2D eigenvalue weighted by Gasteiger charge is -1.98. The number of nitrogens with zero attached hydrogens (tertiary/aromatic N) is 6. The Labute approximate surface area is 153 Å². The van der Waals surface area contributed by atoms with Gasteiger partial charge in [-0.3, -0.25) is 4.79 Å². The first-order chi connectivity index (χ1) is 12.7. The number of anilines is 1. The number of carbonyl (C=O) groups excluding carboxylic acids is 1. The fourth-order valence-electron chi connectivity index (χ4n) is 2.05. The van der Waals surface area contributed by atoms with Crippen LogP contribution in [-0.4, -0.2) is 41.6 Å². The van der Waals surface area contributed by atoms with Crippen LogP contribution in [0.15, 0.2) is 40.5 Å². The van der Waals surface area contributed by atoms with Crippen LogP contribution >= 0.6 is 23.1 Å². The summed E-state index contributed by atoms with van der Waals surface area (Å²) in [6, 6.07) is 4.28. The molecule has 3 heterocycles. The van der Waals surface area contributed by atoms with Crippen LogP contribution in [0.2, 0.25) is 0 Å². The van der Waals surface area contributed by atoms with Gasteiger partial charge in [0, 0.05) is 0 Å². The SMILES string of the molecule is O=C(CSc1nnc(Cn2cncn2)o1)Nc1nc2ccc(F)cc2s1. The molecule has 26 heavy (non-hydrogen) atoms. The number of thioether (sulfide) groups is 1. The van der Waals surface area contributed by atoms with Gasteiger partial charge in [-0.1, -0.05) is 23.1 Å². The van der Waals surface area contributed by atoms with E-state index in [1.165, 1.54) is 36.1 Å². The maximum absolute atomic E-state index is 13.2. The molecule has 1 aromatic carbocycles. The zero-order valence-electron chi connectivity index (χ0n) is 13.0. The fourth-order valence-corrected chi connectivity index (χ4v) is 3.54. The highest BCUT2D eigenvalue weighted by molar-refractivity contribution is 7.99. The zero-order valence-corrected chi connectivity index (χ0v) is 14.6. The first-order valence-corrected chi connectivity index (χ1v) is 9.09. The molecular formula is C14H10FN7O2S2. The molecule has 12 heteroatoms. The Bertz CT molecular complexity index is 1050. The molecule has 4 rings (SSSR count). The van der Waals surface area contributed by atoms with Crippen molar-refractivity contribution in [3.8, 4) is 0 Å². The van der Waals surface area contributed by atoms with E-state index >= 15 is 0 Å². The molecule has 4 aromatic rings. The first kappa shape index (κ1) is 16.6. The highest BCUT2D eigenvalue weighted by Gasteiger charge is 2.12. The summed E-state index contributed by atoms with van der Waals surface area (Å²) in [5.74, 6) is -0.167. The molecule has 1 N–H and O–H groups in total. The summed E-state index contributed by atoms with van der Waals surface area (Å²) in [6.07, 6.45) is 2.95. The molecular weight excluding hydrogens is 381 g/mol. The molecule has 1 amide bonds. The van der Waals surface area contributed by atoms with E-state index in [-0.39, 0.29) is 22.7 Å². The van der Waals surface area contributed by atoms with E-state index in [0.29, 0.717) is 27.8 Å². The Morgan fingerprint density at radius 1 is 1.38 bits per heavy atom. The summed E-state index contributed by atoms with van der Waals surface area (Å²) in [4.78, 5) is 20.1. The van der Waals surface area contributed by atoms with Crippen LogP contribution in [0, 0.1) is 5.82 Å². The third kappa shape index (κ3) is 3.86. The standard InChI is InChI=1S/C14H10FN7O2S2/c15-8-1-2-9-10(3-8)26-13(18-9)19-11(23)5-25-14-21-20-12(24-14)4-22-7-16-6-17-22/h1-3,6-7H,4-5H2,(H,18,19,23). The molecule has 3 aromatic heterocycles. The number of thiazole rings is 1. The van der Waals surface area contributed by atoms with E-state index in [1.807, 2.05) is 0 Å². The van der Waals surface area contributed by atoms with Gasteiger partial charge in [0.1, 0.15) is 25.0 Å². The van der Waals surface area contributed by atoms with Crippen molar-refractivity contribution in [3.63, 3.8) is 0 Å². The van der Waals surface area contributed by atoms with Gasteiger partial charge in [0.05, 0.1) is 16.0 Å². The number of rotatable bonds is 6. The van der Waals surface area contributed by atoms with Crippen molar-refractivity contribution < 1.29 is 13.6 Å². The molecule has 132 valence electrons. The van der Waals surface area contributed by atoms with Crippen molar-refractivity contribution in [1.29, 1.82) is 0 Å². The molecule has 0 fully saturated rings. The second-order valence-electron chi connectivity index (χ2n) is 5.02. The third-order valence-corrected chi connectivity index (χ3v) is 4.89. The summed E-state index contributed by atoms with van der Waals surface area (Å²) in [5, 5.41) is 15.1. The van der Waals surface area contributed by atoms with Crippen molar-refractivity contribution in [2.45, 2.75) is 11.8 Å². The summed E-state index contributed by atoms with van der Waals surface area (Å²) in [5.41, 5.74) is 0.633. The monoisotopic (exact) mass is 391 g/mol. The topological polar surface area (TPSA) is 112 Å². The van der Waals surface area contributed by atoms with Crippen LogP contribution in [0.1, 0.15) is 5.89 Å². The van der Waals surface area contributed by atoms with Gasteiger partial charge in [0.15, 0.2) is 5.13 Å². The Hall–Kier alpha value is -2.86. The lowest BCUT2D eigenvalue weighted by Crippen LogP contribution is -2.13. The smallest absolute Gasteiger partial charge is 0.277 e. The number of benzene rings is 1. The van der Waals surface area contributed by atoms with Crippen LogP contribution in [-0.2, 0) is 11.3 Å². The molecule has 0 saturated carbocycles. The van der Waals surface area contributed by atoms with Gasteiger partial charge in [-0.25, -0.2) is 19.0 Å². The Morgan fingerprint density at radius 2 is 2.31 bits per heavy atom. The molecule has 9 nitrogen and oxygen atoms in total. The van der Waals surface area contributed by atoms with Crippen molar-refractivity contribution >= 4 is 44.4 Å². The normalized spacial score (nSPS) is 11.1. The average Bonchev–Trinajstić information content (AvgIpc) is 3.34. The Morgan fingerprint density at radius 3 is 3.15 bits per heavy atom. The number of amides is 1. The first-order valence-electron chi connectivity index (χ1n) is 7.29. The maximum Gasteiger partial charge on any atom is 0.277 e. The summed E-state index contributed by atoms with van der Waals surface area (Å²) >= 11 is 2.32. The number of carbonyl (C=O) groups is 1. The van der Waals surface area contributed by atoms with Gasteiger partial charge >= 0.3 is 0 Å². The third-order valence-electron chi connectivity index (χ3n) is 3.14. The van der Waals surface area contributed by atoms with Gasteiger partial charge in [-0.15, -0.1) is 10.2 Å². The number of nitrogens with one attached hydrogen (secondary N) is 1. The zero-order chi connectivity index (χ0) is 17.9. The number of hydrogen-bond acceptors (Lipinski definition) is 9. The summed E-state index contributed by atoms with van der Waals surface area (Å²) < 4.78 is 20.8. The largest absolute Gasteiger partial charge is 0.414 e. The molecule has 0 bridgehead atoms. The van der Waals surface area contributed by atoms with E-state index in [2.05, 4.69) is 30.6 Å². The highest BCUT2D eigenvalue weighted by atomic mass is 32.2.